The van der Waals surface area contributed by atoms with Gasteiger partial charge in [-0.2, -0.15) is 5.26 Å². The molecule has 0 radical (unpaired) electrons. The van der Waals surface area contributed by atoms with Crippen LogP contribution in [0.25, 0.3) is 0 Å². The van der Waals surface area contributed by atoms with E-state index in [1.165, 1.54) is 5.57 Å². The second-order valence-electron chi connectivity index (χ2n) is 4.66. The lowest BCUT2D eigenvalue weighted by molar-refractivity contribution is 0.670. The summed E-state index contributed by atoms with van der Waals surface area (Å²) in [5, 5.41) is 15.5. The molecule has 1 unspecified atom stereocenters. The van der Waals surface area contributed by atoms with E-state index in [0.717, 1.165) is 24.2 Å². The number of anilines is 1. The third-order valence-electron chi connectivity index (χ3n) is 3.24. The predicted molar refractivity (Wildman–Crippen MR) is 81.1 cm³/mol. The maximum Gasteiger partial charge on any atom is 0.0669 e. The van der Waals surface area contributed by atoms with Crippen LogP contribution in [0.3, 0.4) is 0 Å². The Morgan fingerprint density at radius 3 is 2.89 bits per heavy atom. The molecule has 0 spiro atoms. The molecule has 102 valence electrons. The number of hydrogen-bond donors (Lipinski definition) is 2. The Balaban J connectivity index is 2.78. The lowest BCUT2D eigenvalue weighted by atomic mass is 10.0. The van der Waals surface area contributed by atoms with Crippen LogP contribution in [0, 0.1) is 11.3 Å². The molecule has 0 saturated heterocycles. The number of rotatable bonds is 7. The van der Waals surface area contributed by atoms with Crippen LogP contribution in [-0.2, 0) is 6.42 Å². The maximum absolute atomic E-state index is 8.75. The van der Waals surface area contributed by atoms with E-state index in [-0.39, 0.29) is 0 Å². The molecule has 19 heavy (non-hydrogen) atoms. The molecule has 1 aromatic rings. The highest BCUT2D eigenvalue weighted by Gasteiger charge is 2.09. The Labute approximate surface area is 116 Å². The standard InChI is InChI=1S/C16H23N3/c1-4-13(2)16(9-11-18-3)19-15-7-5-6-14(12-15)8-10-17/h4-7,12,16,18-19H,8-9,11H2,1-3H3/b13-4+. The summed E-state index contributed by atoms with van der Waals surface area (Å²) in [5.74, 6) is 0. The summed E-state index contributed by atoms with van der Waals surface area (Å²) in [7, 11) is 1.97. The van der Waals surface area contributed by atoms with Gasteiger partial charge in [-0.15, -0.1) is 0 Å². The zero-order chi connectivity index (χ0) is 14.1. The second kappa shape index (κ2) is 8.34. The second-order valence-corrected chi connectivity index (χ2v) is 4.66. The molecule has 3 nitrogen and oxygen atoms in total. The molecule has 1 atom stereocenters. The van der Waals surface area contributed by atoms with E-state index in [1.54, 1.807) is 0 Å². The molecular weight excluding hydrogens is 234 g/mol. The third kappa shape index (κ3) is 5.15. The summed E-state index contributed by atoms with van der Waals surface area (Å²) in [6.07, 6.45) is 3.64. The van der Waals surface area contributed by atoms with E-state index in [4.69, 9.17) is 5.26 Å². The summed E-state index contributed by atoms with van der Waals surface area (Å²) in [5.41, 5.74) is 3.47. The van der Waals surface area contributed by atoms with Crippen LogP contribution < -0.4 is 10.6 Å². The molecular formula is C16H23N3. The molecule has 0 aliphatic carbocycles. The van der Waals surface area contributed by atoms with Gasteiger partial charge in [-0.1, -0.05) is 23.8 Å². The lowest BCUT2D eigenvalue weighted by Crippen LogP contribution is -2.25. The SMILES string of the molecule is C/C=C(\C)C(CCNC)Nc1cccc(CC#N)c1. The van der Waals surface area contributed by atoms with E-state index < -0.39 is 0 Å². The number of nitrogens with one attached hydrogen (secondary N) is 2. The molecule has 0 heterocycles. The Bertz CT molecular complexity index is 457. The molecule has 0 fully saturated rings. The van der Waals surface area contributed by atoms with Crippen LogP contribution in [0.2, 0.25) is 0 Å². The fourth-order valence-electron chi connectivity index (χ4n) is 1.97. The molecule has 1 aromatic carbocycles. The molecule has 0 bridgehead atoms. The zero-order valence-electron chi connectivity index (χ0n) is 12.0. The number of allylic oxidation sites excluding steroid dienone is 1. The number of nitriles is 1. The summed E-state index contributed by atoms with van der Waals surface area (Å²) in [4.78, 5) is 0. The highest BCUT2D eigenvalue weighted by molar-refractivity contribution is 5.48. The van der Waals surface area contributed by atoms with Crippen molar-refractivity contribution < 1.29 is 0 Å². The van der Waals surface area contributed by atoms with Gasteiger partial charge in [0.2, 0.25) is 0 Å². The Kier molecular flexibility index (Phi) is 6.70. The highest BCUT2D eigenvalue weighted by atomic mass is 14.9. The minimum Gasteiger partial charge on any atom is -0.379 e. The monoisotopic (exact) mass is 257 g/mol. The van der Waals surface area contributed by atoms with E-state index in [0.29, 0.717) is 12.5 Å². The van der Waals surface area contributed by atoms with Gasteiger partial charge < -0.3 is 10.6 Å². The molecule has 3 heteroatoms. The van der Waals surface area contributed by atoms with Crippen molar-refractivity contribution in [1.29, 1.82) is 5.26 Å². The van der Waals surface area contributed by atoms with Crippen LogP contribution in [0.5, 0.6) is 0 Å². The molecule has 0 aliphatic heterocycles. The Morgan fingerprint density at radius 2 is 2.26 bits per heavy atom. The van der Waals surface area contributed by atoms with Gasteiger partial charge >= 0.3 is 0 Å². The average molecular weight is 257 g/mol. The quantitative estimate of drug-likeness (QED) is 0.738. The minimum absolute atomic E-state index is 0.329. The molecule has 0 amide bonds. The lowest BCUT2D eigenvalue weighted by Gasteiger charge is -2.21. The van der Waals surface area contributed by atoms with Gasteiger partial charge in [0.15, 0.2) is 0 Å². The minimum atomic E-state index is 0.329. The number of nitrogens with zero attached hydrogens (tertiary/aromatic N) is 1. The van der Waals surface area contributed by atoms with Crippen molar-refractivity contribution in [3.8, 4) is 6.07 Å². The van der Waals surface area contributed by atoms with E-state index >= 15 is 0 Å². The first kappa shape index (κ1) is 15.3. The van der Waals surface area contributed by atoms with Crippen molar-refractivity contribution >= 4 is 5.69 Å². The number of hydrogen-bond acceptors (Lipinski definition) is 3. The fraction of sp³-hybridized carbons (Fsp3) is 0.438. The largest absolute Gasteiger partial charge is 0.379 e. The average Bonchev–Trinajstić information content (AvgIpc) is 2.43. The van der Waals surface area contributed by atoms with Gasteiger partial charge in [-0.25, -0.2) is 0 Å². The van der Waals surface area contributed by atoms with Crippen LogP contribution in [0.1, 0.15) is 25.8 Å². The topological polar surface area (TPSA) is 47.8 Å². The van der Waals surface area contributed by atoms with E-state index in [2.05, 4.69) is 48.8 Å². The van der Waals surface area contributed by atoms with Crippen LogP contribution in [0.4, 0.5) is 5.69 Å². The van der Waals surface area contributed by atoms with E-state index in [1.807, 2.05) is 19.2 Å². The van der Waals surface area contributed by atoms with Gasteiger partial charge in [0.05, 0.1) is 12.5 Å². The Morgan fingerprint density at radius 1 is 1.47 bits per heavy atom. The molecule has 0 aromatic heterocycles. The highest BCUT2D eigenvalue weighted by Crippen LogP contribution is 2.16. The van der Waals surface area contributed by atoms with Crippen LogP contribution in [-0.4, -0.2) is 19.6 Å². The van der Waals surface area contributed by atoms with E-state index in [9.17, 15) is 0 Å². The van der Waals surface area contributed by atoms with Gasteiger partial charge in [-0.3, -0.25) is 0 Å². The normalized spacial score (nSPS) is 12.8. The van der Waals surface area contributed by atoms with Gasteiger partial charge in [0.25, 0.3) is 0 Å². The third-order valence-corrected chi connectivity index (χ3v) is 3.24. The predicted octanol–water partition coefficient (Wildman–Crippen LogP) is 3.11. The Hall–Kier alpha value is -1.79. The van der Waals surface area contributed by atoms with Crippen molar-refractivity contribution in [1.82, 2.24) is 5.32 Å². The molecule has 0 saturated carbocycles. The summed E-state index contributed by atoms with van der Waals surface area (Å²) < 4.78 is 0. The smallest absolute Gasteiger partial charge is 0.0669 e. The van der Waals surface area contributed by atoms with Crippen molar-refractivity contribution in [2.45, 2.75) is 32.7 Å². The first-order valence-corrected chi connectivity index (χ1v) is 6.71. The molecule has 2 N–H and O–H groups in total. The van der Waals surface area contributed by atoms with Gasteiger partial charge in [0, 0.05) is 11.7 Å². The van der Waals surface area contributed by atoms with Gasteiger partial charge in [0.1, 0.15) is 0 Å². The van der Waals surface area contributed by atoms with Crippen molar-refractivity contribution in [2.75, 3.05) is 18.9 Å². The van der Waals surface area contributed by atoms with Crippen molar-refractivity contribution in [2.24, 2.45) is 0 Å². The van der Waals surface area contributed by atoms with Crippen LogP contribution >= 0.6 is 0 Å². The zero-order valence-corrected chi connectivity index (χ0v) is 12.0. The molecule has 0 aliphatic rings. The van der Waals surface area contributed by atoms with Gasteiger partial charge in [-0.05, 0) is 51.6 Å². The first-order valence-electron chi connectivity index (χ1n) is 6.71. The number of benzene rings is 1. The summed E-state index contributed by atoms with van der Waals surface area (Å²) in [6, 6.07) is 10.6. The van der Waals surface area contributed by atoms with Crippen molar-refractivity contribution in [3.05, 3.63) is 41.5 Å². The summed E-state index contributed by atoms with van der Waals surface area (Å²) in [6.45, 7) is 5.18. The van der Waals surface area contributed by atoms with Crippen LogP contribution in [0.15, 0.2) is 35.9 Å². The molecule has 1 rings (SSSR count). The summed E-state index contributed by atoms with van der Waals surface area (Å²) >= 11 is 0. The maximum atomic E-state index is 8.75. The fourth-order valence-corrected chi connectivity index (χ4v) is 1.97. The first-order chi connectivity index (χ1) is 9.21. The van der Waals surface area contributed by atoms with Crippen molar-refractivity contribution in [3.63, 3.8) is 0 Å².